The largest absolute Gasteiger partial charge is 0.357 e. The van der Waals surface area contributed by atoms with E-state index in [2.05, 4.69) is 36.4 Å². The number of hydrogen-bond donors (Lipinski definition) is 1. The molecule has 1 saturated heterocycles. The number of rotatable bonds is 5. The van der Waals surface area contributed by atoms with Crippen molar-refractivity contribution in [1.29, 1.82) is 0 Å². The van der Waals surface area contributed by atoms with Gasteiger partial charge in [0, 0.05) is 43.9 Å². The Labute approximate surface area is 173 Å². The SMILES string of the molecule is CCNC(=NCCc1csc(C(C)C)n1)N1CC2CCCCC2C1.I. The topological polar surface area (TPSA) is 40.5 Å². The van der Waals surface area contributed by atoms with Crippen LogP contribution >= 0.6 is 35.3 Å². The first-order valence-corrected chi connectivity index (χ1v) is 10.5. The van der Waals surface area contributed by atoms with Crippen molar-refractivity contribution >= 4 is 41.3 Å². The number of fused-ring (bicyclic) bond motifs is 1. The molecule has 0 amide bonds. The van der Waals surface area contributed by atoms with Crippen LogP contribution in [0.4, 0.5) is 0 Å². The molecule has 25 heavy (non-hydrogen) atoms. The molecule has 1 saturated carbocycles. The quantitative estimate of drug-likeness (QED) is 0.386. The van der Waals surface area contributed by atoms with Crippen LogP contribution in [-0.4, -0.2) is 42.0 Å². The van der Waals surface area contributed by atoms with Crippen molar-refractivity contribution in [2.24, 2.45) is 16.8 Å². The Bertz CT molecular complexity index is 543. The van der Waals surface area contributed by atoms with Gasteiger partial charge < -0.3 is 10.2 Å². The molecule has 6 heteroatoms. The first-order chi connectivity index (χ1) is 11.7. The lowest BCUT2D eigenvalue weighted by Crippen LogP contribution is -2.40. The van der Waals surface area contributed by atoms with Gasteiger partial charge in [0.25, 0.3) is 0 Å². The number of guanidine groups is 1. The van der Waals surface area contributed by atoms with Crippen LogP contribution in [0.1, 0.15) is 63.1 Å². The molecule has 4 nitrogen and oxygen atoms in total. The van der Waals surface area contributed by atoms with Crippen molar-refractivity contribution in [1.82, 2.24) is 15.2 Å². The highest BCUT2D eigenvalue weighted by molar-refractivity contribution is 14.0. The van der Waals surface area contributed by atoms with Crippen molar-refractivity contribution in [3.63, 3.8) is 0 Å². The van der Waals surface area contributed by atoms with Gasteiger partial charge in [-0.3, -0.25) is 4.99 Å². The number of nitrogens with one attached hydrogen (secondary N) is 1. The van der Waals surface area contributed by atoms with Crippen LogP contribution in [0.2, 0.25) is 0 Å². The fourth-order valence-corrected chi connectivity index (χ4v) is 4.85. The number of aromatic nitrogens is 1. The highest BCUT2D eigenvalue weighted by atomic mass is 127. The summed E-state index contributed by atoms with van der Waals surface area (Å²) in [7, 11) is 0. The molecule has 1 aliphatic heterocycles. The molecule has 2 unspecified atom stereocenters. The molecule has 1 aliphatic carbocycles. The Morgan fingerprint density at radius 1 is 1.32 bits per heavy atom. The first kappa shape index (κ1) is 20.9. The molecule has 0 radical (unpaired) electrons. The summed E-state index contributed by atoms with van der Waals surface area (Å²) in [5.41, 5.74) is 1.19. The van der Waals surface area contributed by atoms with E-state index in [0.29, 0.717) is 5.92 Å². The molecule has 1 aromatic rings. The fraction of sp³-hybridized carbons (Fsp3) is 0.789. The fourth-order valence-electron chi connectivity index (χ4n) is 3.98. The maximum atomic E-state index is 4.90. The van der Waals surface area contributed by atoms with Crippen LogP contribution in [-0.2, 0) is 6.42 Å². The van der Waals surface area contributed by atoms with Gasteiger partial charge in [0.15, 0.2) is 5.96 Å². The molecule has 2 heterocycles. The van der Waals surface area contributed by atoms with Crippen LogP contribution in [0.5, 0.6) is 0 Å². The van der Waals surface area contributed by atoms with Gasteiger partial charge >= 0.3 is 0 Å². The highest BCUT2D eigenvalue weighted by Crippen LogP contribution is 2.35. The summed E-state index contributed by atoms with van der Waals surface area (Å²) in [6, 6.07) is 0. The lowest BCUT2D eigenvalue weighted by atomic mass is 9.82. The predicted molar refractivity (Wildman–Crippen MR) is 118 cm³/mol. The predicted octanol–water partition coefficient (Wildman–Crippen LogP) is 4.51. The third kappa shape index (κ3) is 5.55. The van der Waals surface area contributed by atoms with Gasteiger partial charge in [-0.25, -0.2) is 4.98 Å². The Morgan fingerprint density at radius 3 is 2.56 bits per heavy atom. The molecule has 0 aromatic carbocycles. The van der Waals surface area contributed by atoms with Gasteiger partial charge in [0.05, 0.1) is 10.7 Å². The zero-order chi connectivity index (χ0) is 16.9. The highest BCUT2D eigenvalue weighted by Gasteiger charge is 2.35. The van der Waals surface area contributed by atoms with Gasteiger partial charge in [-0.1, -0.05) is 26.7 Å². The van der Waals surface area contributed by atoms with Crippen LogP contribution in [0, 0.1) is 11.8 Å². The molecule has 0 bridgehead atoms. The first-order valence-electron chi connectivity index (χ1n) is 9.65. The van der Waals surface area contributed by atoms with Gasteiger partial charge in [-0.2, -0.15) is 0 Å². The maximum Gasteiger partial charge on any atom is 0.193 e. The summed E-state index contributed by atoms with van der Waals surface area (Å²) in [5, 5.41) is 6.94. The minimum absolute atomic E-state index is 0. The average molecular weight is 476 g/mol. The Morgan fingerprint density at radius 2 is 2.00 bits per heavy atom. The van der Waals surface area contributed by atoms with Crippen LogP contribution < -0.4 is 5.32 Å². The Kier molecular flexibility index (Phi) is 8.45. The van der Waals surface area contributed by atoms with Gasteiger partial charge in [-0.05, 0) is 31.6 Å². The summed E-state index contributed by atoms with van der Waals surface area (Å²) >= 11 is 1.78. The van der Waals surface area contributed by atoms with Crippen molar-refractivity contribution in [2.45, 2.75) is 58.8 Å². The minimum atomic E-state index is 0. The van der Waals surface area contributed by atoms with E-state index in [4.69, 9.17) is 9.98 Å². The summed E-state index contributed by atoms with van der Waals surface area (Å²) in [5.74, 6) is 3.44. The second kappa shape index (κ2) is 10.1. The molecule has 2 fully saturated rings. The van der Waals surface area contributed by atoms with E-state index in [9.17, 15) is 0 Å². The maximum absolute atomic E-state index is 4.90. The molecular weight excluding hydrogens is 443 g/mol. The van der Waals surface area contributed by atoms with Crippen LogP contribution in [0.25, 0.3) is 0 Å². The van der Waals surface area contributed by atoms with E-state index in [1.54, 1.807) is 11.3 Å². The van der Waals surface area contributed by atoms with Crippen LogP contribution in [0.15, 0.2) is 10.4 Å². The van der Waals surface area contributed by atoms with E-state index in [-0.39, 0.29) is 24.0 Å². The van der Waals surface area contributed by atoms with Gasteiger partial charge in [-0.15, -0.1) is 35.3 Å². The number of nitrogens with zero attached hydrogens (tertiary/aromatic N) is 3. The van der Waals surface area contributed by atoms with Crippen molar-refractivity contribution in [3.8, 4) is 0 Å². The van der Waals surface area contributed by atoms with Gasteiger partial charge in [0.1, 0.15) is 0 Å². The smallest absolute Gasteiger partial charge is 0.193 e. The number of likely N-dealkylation sites (tertiary alicyclic amines) is 1. The minimum Gasteiger partial charge on any atom is -0.357 e. The summed E-state index contributed by atoms with van der Waals surface area (Å²) in [6.07, 6.45) is 6.61. The van der Waals surface area contributed by atoms with E-state index in [1.165, 1.54) is 49.5 Å². The van der Waals surface area contributed by atoms with E-state index in [0.717, 1.165) is 37.3 Å². The normalized spacial score (nSPS) is 23.5. The monoisotopic (exact) mass is 476 g/mol. The van der Waals surface area contributed by atoms with E-state index < -0.39 is 0 Å². The van der Waals surface area contributed by atoms with Crippen LogP contribution in [0.3, 0.4) is 0 Å². The molecule has 1 aromatic heterocycles. The number of aliphatic imine (C=N–C) groups is 1. The second-order valence-electron chi connectivity index (χ2n) is 7.53. The average Bonchev–Trinajstić information content (AvgIpc) is 3.20. The third-order valence-electron chi connectivity index (χ3n) is 5.30. The Hall–Kier alpha value is -0.370. The number of halogens is 1. The zero-order valence-electron chi connectivity index (χ0n) is 15.8. The molecule has 3 rings (SSSR count). The second-order valence-corrected chi connectivity index (χ2v) is 8.42. The standard InChI is InChI=1S/C19H32N4S.HI/c1-4-20-19(23-11-15-7-5-6-8-16(15)12-23)21-10-9-17-13-24-18(22-17)14(2)3;/h13-16H,4-12H2,1-3H3,(H,20,21);1H. The summed E-state index contributed by atoms with van der Waals surface area (Å²) in [6.45, 7) is 10.7. The van der Waals surface area contributed by atoms with E-state index >= 15 is 0 Å². The molecule has 142 valence electrons. The van der Waals surface area contributed by atoms with E-state index in [1.807, 2.05) is 0 Å². The van der Waals surface area contributed by atoms with Gasteiger partial charge in [0.2, 0.25) is 0 Å². The van der Waals surface area contributed by atoms with Crippen molar-refractivity contribution in [2.75, 3.05) is 26.2 Å². The third-order valence-corrected chi connectivity index (χ3v) is 6.50. The molecule has 2 aliphatic rings. The summed E-state index contributed by atoms with van der Waals surface area (Å²) in [4.78, 5) is 12.1. The molecule has 0 spiro atoms. The van der Waals surface area contributed by atoms with Crippen molar-refractivity contribution < 1.29 is 0 Å². The molecule has 2 atom stereocenters. The molecule has 1 N–H and O–H groups in total. The molecular formula is C19H33IN4S. The lowest BCUT2D eigenvalue weighted by Gasteiger charge is -2.22. The zero-order valence-corrected chi connectivity index (χ0v) is 19.0. The van der Waals surface area contributed by atoms with Crippen molar-refractivity contribution in [3.05, 3.63) is 16.1 Å². The summed E-state index contributed by atoms with van der Waals surface area (Å²) < 4.78 is 0. The number of thiazole rings is 1. The number of hydrogen-bond acceptors (Lipinski definition) is 3. The lowest BCUT2D eigenvalue weighted by molar-refractivity contribution is 0.299. The Balaban J connectivity index is 0.00000225.